The number of halogens is 1. The molecule has 0 saturated heterocycles. The van der Waals surface area contributed by atoms with Crippen molar-refractivity contribution in [2.75, 3.05) is 26.2 Å². The Morgan fingerprint density at radius 2 is 2.06 bits per heavy atom. The molecular formula is C13H20ClN3O. The van der Waals surface area contributed by atoms with Gasteiger partial charge in [0, 0.05) is 11.6 Å². The Labute approximate surface area is 113 Å². The molecule has 0 atom stereocenters. The van der Waals surface area contributed by atoms with Crippen molar-refractivity contribution in [3.05, 3.63) is 28.8 Å². The number of nitrogens with one attached hydrogen (secondary N) is 1. The fraction of sp³-hybridized carbons (Fsp3) is 0.462. The van der Waals surface area contributed by atoms with E-state index in [9.17, 15) is 0 Å². The molecule has 0 spiro atoms. The molecule has 3 N–H and O–H groups in total. The number of ether oxygens (including phenoxy) is 1. The van der Waals surface area contributed by atoms with E-state index in [0.717, 1.165) is 19.6 Å². The standard InChI is InChI=1S/C13H20ClN3O/c1-3-17(4-2)7-8-18-12-9-10(14)5-6-11(12)13(15)16/h5-6,9H,3-4,7-8H2,1-2H3,(H3,15,16). The van der Waals surface area contributed by atoms with Gasteiger partial charge in [0.05, 0.1) is 5.56 Å². The Morgan fingerprint density at radius 1 is 1.39 bits per heavy atom. The summed E-state index contributed by atoms with van der Waals surface area (Å²) in [6.07, 6.45) is 0. The molecule has 0 aliphatic rings. The maximum atomic E-state index is 7.48. The van der Waals surface area contributed by atoms with Crippen molar-refractivity contribution in [2.24, 2.45) is 5.73 Å². The molecule has 0 heterocycles. The molecule has 0 unspecified atom stereocenters. The summed E-state index contributed by atoms with van der Waals surface area (Å²) in [5.41, 5.74) is 6.08. The SMILES string of the molecule is CCN(CC)CCOc1cc(Cl)ccc1C(=N)N. The molecule has 1 aromatic carbocycles. The third-order valence-corrected chi connectivity index (χ3v) is 3.03. The predicted octanol–water partition coefficient (Wildman–Crippen LogP) is 2.34. The summed E-state index contributed by atoms with van der Waals surface area (Å²) in [7, 11) is 0. The third kappa shape index (κ3) is 4.20. The summed E-state index contributed by atoms with van der Waals surface area (Å²) in [6.45, 7) is 7.62. The average molecular weight is 270 g/mol. The molecule has 100 valence electrons. The number of likely N-dealkylation sites (N-methyl/N-ethyl adjacent to an activating group) is 1. The van der Waals surface area contributed by atoms with Crippen LogP contribution in [0.2, 0.25) is 5.02 Å². The second-order valence-electron chi connectivity index (χ2n) is 3.93. The van der Waals surface area contributed by atoms with E-state index in [1.807, 2.05) is 0 Å². The van der Waals surface area contributed by atoms with Crippen LogP contribution < -0.4 is 10.5 Å². The lowest BCUT2D eigenvalue weighted by atomic mass is 10.2. The lowest BCUT2D eigenvalue weighted by Crippen LogP contribution is -2.28. The molecule has 4 nitrogen and oxygen atoms in total. The number of nitrogens with two attached hydrogens (primary N) is 1. The van der Waals surface area contributed by atoms with Crippen molar-refractivity contribution < 1.29 is 4.74 Å². The van der Waals surface area contributed by atoms with Crippen LogP contribution in [0.3, 0.4) is 0 Å². The van der Waals surface area contributed by atoms with Gasteiger partial charge in [-0.2, -0.15) is 0 Å². The Morgan fingerprint density at radius 3 is 2.61 bits per heavy atom. The zero-order valence-corrected chi connectivity index (χ0v) is 11.6. The zero-order valence-electron chi connectivity index (χ0n) is 10.9. The maximum Gasteiger partial charge on any atom is 0.131 e. The number of amidine groups is 1. The van der Waals surface area contributed by atoms with Gasteiger partial charge < -0.3 is 15.4 Å². The third-order valence-electron chi connectivity index (χ3n) is 2.79. The zero-order chi connectivity index (χ0) is 13.5. The fourth-order valence-corrected chi connectivity index (χ4v) is 1.82. The topological polar surface area (TPSA) is 62.3 Å². The number of nitrogen functional groups attached to an aromatic ring is 1. The quantitative estimate of drug-likeness (QED) is 0.590. The van der Waals surface area contributed by atoms with E-state index in [1.54, 1.807) is 18.2 Å². The summed E-state index contributed by atoms with van der Waals surface area (Å²) in [4.78, 5) is 2.26. The second kappa shape index (κ2) is 7.24. The van der Waals surface area contributed by atoms with Gasteiger partial charge in [0.15, 0.2) is 0 Å². The largest absolute Gasteiger partial charge is 0.491 e. The lowest BCUT2D eigenvalue weighted by molar-refractivity contribution is 0.222. The molecule has 0 amide bonds. The van der Waals surface area contributed by atoms with Gasteiger partial charge in [-0.3, -0.25) is 5.41 Å². The minimum Gasteiger partial charge on any atom is -0.491 e. The Balaban J connectivity index is 2.66. The summed E-state index contributed by atoms with van der Waals surface area (Å²) in [5, 5.41) is 8.06. The molecule has 0 aliphatic carbocycles. The van der Waals surface area contributed by atoms with Crippen LogP contribution >= 0.6 is 11.6 Å². The van der Waals surface area contributed by atoms with Gasteiger partial charge in [0.25, 0.3) is 0 Å². The van der Waals surface area contributed by atoms with Crippen LogP contribution in [0.5, 0.6) is 5.75 Å². The highest BCUT2D eigenvalue weighted by molar-refractivity contribution is 6.30. The second-order valence-corrected chi connectivity index (χ2v) is 4.37. The van der Waals surface area contributed by atoms with E-state index in [4.69, 9.17) is 27.5 Å². The molecule has 0 fully saturated rings. The van der Waals surface area contributed by atoms with Gasteiger partial charge in [-0.1, -0.05) is 25.4 Å². The first-order valence-corrected chi connectivity index (χ1v) is 6.45. The summed E-state index contributed by atoms with van der Waals surface area (Å²) >= 11 is 5.92. The summed E-state index contributed by atoms with van der Waals surface area (Å²) < 4.78 is 5.67. The lowest BCUT2D eigenvalue weighted by Gasteiger charge is -2.18. The van der Waals surface area contributed by atoms with Crippen molar-refractivity contribution in [2.45, 2.75) is 13.8 Å². The van der Waals surface area contributed by atoms with Gasteiger partial charge in [0.2, 0.25) is 0 Å². The Bertz CT molecular complexity index is 405. The van der Waals surface area contributed by atoms with E-state index in [0.29, 0.717) is 22.9 Å². The Kier molecular flexibility index (Phi) is 5.95. The first-order valence-electron chi connectivity index (χ1n) is 6.07. The average Bonchev–Trinajstić information content (AvgIpc) is 2.34. The molecule has 0 bridgehead atoms. The molecule has 18 heavy (non-hydrogen) atoms. The van der Waals surface area contributed by atoms with E-state index in [2.05, 4.69) is 18.7 Å². The van der Waals surface area contributed by atoms with Crippen LogP contribution in [0.1, 0.15) is 19.4 Å². The molecule has 0 aliphatic heterocycles. The van der Waals surface area contributed by atoms with Crippen LogP contribution in [0.15, 0.2) is 18.2 Å². The van der Waals surface area contributed by atoms with Crippen LogP contribution in [-0.2, 0) is 0 Å². The van der Waals surface area contributed by atoms with Crippen molar-refractivity contribution in [1.29, 1.82) is 5.41 Å². The van der Waals surface area contributed by atoms with Crippen molar-refractivity contribution in [3.8, 4) is 5.75 Å². The highest BCUT2D eigenvalue weighted by Gasteiger charge is 2.08. The monoisotopic (exact) mass is 269 g/mol. The van der Waals surface area contributed by atoms with Gasteiger partial charge in [0.1, 0.15) is 18.2 Å². The minimum absolute atomic E-state index is 0.00972. The van der Waals surface area contributed by atoms with Gasteiger partial charge in [-0.15, -0.1) is 0 Å². The van der Waals surface area contributed by atoms with Crippen LogP contribution in [-0.4, -0.2) is 37.0 Å². The maximum absolute atomic E-state index is 7.48. The molecule has 0 aromatic heterocycles. The molecule has 1 rings (SSSR count). The predicted molar refractivity (Wildman–Crippen MR) is 75.8 cm³/mol. The van der Waals surface area contributed by atoms with Crippen LogP contribution in [0.4, 0.5) is 0 Å². The summed E-state index contributed by atoms with van der Waals surface area (Å²) in [5.74, 6) is 0.562. The molecule has 0 saturated carbocycles. The van der Waals surface area contributed by atoms with Crippen molar-refractivity contribution in [1.82, 2.24) is 4.90 Å². The number of rotatable bonds is 7. The van der Waals surface area contributed by atoms with E-state index >= 15 is 0 Å². The van der Waals surface area contributed by atoms with Gasteiger partial charge in [-0.05, 0) is 31.3 Å². The van der Waals surface area contributed by atoms with E-state index < -0.39 is 0 Å². The van der Waals surface area contributed by atoms with E-state index in [-0.39, 0.29) is 5.84 Å². The number of benzene rings is 1. The van der Waals surface area contributed by atoms with Gasteiger partial charge in [-0.25, -0.2) is 0 Å². The minimum atomic E-state index is -0.00972. The first-order chi connectivity index (χ1) is 8.58. The number of hydrogen-bond acceptors (Lipinski definition) is 3. The van der Waals surface area contributed by atoms with Crippen molar-refractivity contribution in [3.63, 3.8) is 0 Å². The number of hydrogen-bond donors (Lipinski definition) is 2. The number of nitrogens with zero attached hydrogens (tertiary/aromatic N) is 1. The molecule has 0 radical (unpaired) electrons. The van der Waals surface area contributed by atoms with E-state index in [1.165, 1.54) is 0 Å². The fourth-order valence-electron chi connectivity index (χ4n) is 1.66. The van der Waals surface area contributed by atoms with Crippen LogP contribution in [0, 0.1) is 5.41 Å². The molecular weight excluding hydrogens is 250 g/mol. The molecule has 5 heteroatoms. The Hall–Kier alpha value is -1.26. The molecule has 1 aromatic rings. The highest BCUT2D eigenvalue weighted by Crippen LogP contribution is 2.23. The normalized spacial score (nSPS) is 10.7. The highest BCUT2D eigenvalue weighted by atomic mass is 35.5. The summed E-state index contributed by atoms with van der Waals surface area (Å²) in [6, 6.07) is 5.10. The van der Waals surface area contributed by atoms with Crippen molar-refractivity contribution >= 4 is 17.4 Å². The first kappa shape index (κ1) is 14.8. The van der Waals surface area contributed by atoms with Crippen LogP contribution in [0.25, 0.3) is 0 Å². The smallest absolute Gasteiger partial charge is 0.131 e. The van der Waals surface area contributed by atoms with Gasteiger partial charge >= 0.3 is 0 Å².